The maximum atomic E-state index is 10.5. The molecule has 0 aromatic heterocycles. The molecule has 0 aliphatic rings. The summed E-state index contributed by atoms with van der Waals surface area (Å²) in [4.78, 5) is 10.5. The minimum absolute atomic E-state index is 0.0743. The molecule has 1 N–H and O–H groups in total. The Balaban J connectivity index is 3.08. The first-order valence-corrected chi connectivity index (χ1v) is 6.21. The van der Waals surface area contributed by atoms with Crippen LogP contribution < -0.4 is 4.74 Å². The number of carbonyl (C=O) groups is 1. The summed E-state index contributed by atoms with van der Waals surface area (Å²) in [5.41, 5.74) is 2.57. The fourth-order valence-electron chi connectivity index (χ4n) is 1.94. The van der Waals surface area contributed by atoms with Gasteiger partial charge in [0.05, 0.1) is 0 Å². The van der Waals surface area contributed by atoms with Crippen LogP contribution in [0.25, 0.3) is 0 Å². The van der Waals surface area contributed by atoms with Gasteiger partial charge in [0.1, 0.15) is 5.75 Å². The molecule has 1 rings (SSSR count). The Bertz CT molecular complexity index is 428. The molecule has 3 nitrogen and oxygen atoms in total. The van der Waals surface area contributed by atoms with Gasteiger partial charge in [0.15, 0.2) is 6.61 Å². The summed E-state index contributed by atoms with van der Waals surface area (Å²) in [5.74, 6) is 0.0442. The van der Waals surface area contributed by atoms with Crippen LogP contribution in [0.3, 0.4) is 0 Å². The number of hydrogen-bond donors (Lipinski definition) is 1. The molecule has 0 atom stereocenters. The van der Waals surface area contributed by atoms with Crippen molar-refractivity contribution in [3.63, 3.8) is 0 Å². The Hall–Kier alpha value is -1.51. The molecule has 0 heterocycles. The lowest BCUT2D eigenvalue weighted by molar-refractivity contribution is -0.139. The number of rotatable bonds is 4. The topological polar surface area (TPSA) is 46.5 Å². The second kappa shape index (κ2) is 5.42. The van der Waals surface area contributed by atoms with Gasteiger partial charge >= 0.3 is 5.97 Å². The number of carboxylic acids is 1. The first-order chi connectivity index (χ1) is 8.21. The monoisotopic (exact) mass is 250 g/mol. The van der Waals surface area contributed by atoms with Crippen molar-refractivity contribution in [2.45, 2.75) is 46.0 Å². The zero-order chi connectivity index (χ0) is 13.9. The lowest BCUT2D eigenvalue weighted by Gasteiger charge is -2.25. The van der Waals surface area contributed by atoms with Crippen LogP contribution in [0, 0.1) is 0 Å². The molecule has 0 saturated heterocycles. The minimum atomic E-state index is -0.957. The van der Waals surface area contributed by atoms with Crippen molar-refractivity contribution in [3.8, 4) is 5.75 Å². The van der Waals surface area contributed by atoms with Crippen LogP contribution in [-0.2, 0) is 10.2 Å². The van der Waals surface area contributed by atoms with E-state index in [2.05, 4.69) is 34.6 Å². The summed E-state index contributed by atoms with van der Waals surface area (Å²) in [6, 6.07) is 5.83. The smallest absolute Gasteiger partial charge is 0.341 e. The zero-order valence-electron chi connectivity index (χ0n) is 11.8. The highest BCUT2D eigenvalue weighted by Gasteiger charge is 2.20. The fraction of sp³-hybridized carbons (Fsp3) is 0.533. The first-order valence-electron chi connectivity index (χ1n) is 6.21. The van der Waals surface area contributed by atoms with Crippen molar-refractivity contribution in [3.05, 3.63) is 29.3 Å². The summed E-state index contributed by atoms with van der Waals surface area (Å²) in [7, 11) is 0. The van der Waals surface area contributed by atoms with Crippen LogP contribution in [0.5, 0.6) is 5.75 Å². The van der Waals surface area contributed by atoms with E-state index in [1.54, 1.807) is 0 Å². The lowest BCUT2D eigenvalue weighted by atomic mass is 9.81. The predicted molar refractivity (Wildman–Crippen MR) is 72.4 cm³/mol. The first kappa shape index (κ1) is 14.6. The van der Waals surface area contributed by atoms with Gasteiger partial charge in [0, 0.05) is 0 Å². The van der Waals surface area contributed by atoms with Crippen molar-refractivity contribution < 1.29 is 14.6 Å². The summed E-state index contributed by atoms with van der Waals surface area (Å²) in [6.07, 6.45) is 0. The van der Waals surface area contributed by atoms with Gasteiger partial charge in [-0.05, 0) is 34.6 Å². The number of aliphatic carboxylic acids is 1. The van der Waals surface area contributed by atoms with Crippen molar-refractivity contribution in [2.24, 2.45) is 0 Å². The molecule has 0 fully saturated rings. The van der Waals surface area contributed by atoms with E-state index in [1.165, 1.54) is 11.1 Å². The van der Waals surface area contributed by atoms with E-state index in [4.69, 9.17) is 9.84 Å². The molecule has 0 saturated carbocycles. The highest BCUT2D eigenvalue weighted by Crippen LogP contribution is 2.33. The molecule has 1 aromatic carbocycles. The van der Waals surface area contributed by atoms with Gasteiger partial charge in [-0.25, -0.2) is 4.79 Å². The molecule has 0 spiro atoms. The molecule has 0 unspecified atom stereocenters. The normalized spacial score (nSPS) is 11.7. The Labute approximate surface area is 109 Å². The van der Waals surface area contributed by atoms with Crippen molar-refractivity contribution in [2.75, 3.05) is 6.61 Å². The van der Waals surface area contributed by atoms with Gasteiger partial charge in [-0.15, -0.1) is 0 Å². The van der Waals surface area contributed by atoms with Gasteiger partial charge in [0.25, 0.3) is 0 Å². The minimum Gasteiger partial charge on any atom is -0.482 e. The van der Waals surface area contributed by atoms with Crippen LogP contribution in [-0.4, -0.2) is 17.7 Å². The van der Waals surface area contributed by atoms with E-state index >= 15 is 0 Å². The maximum Gasteiger partial charge on any atom is 0.341 e. The average molecular weight is 250 g/mol. The van der Waals surface area contributed by atoms with E-state index < -0.39 is 5.97 Å². The molecule has 3 heteroatoms. The van der Waals surface area contributed by atoms with E-state index in [1.807, 2.05) is 18.2 Å². The Morgan fingerprint density at radius 3 is 2.39 bits per heavy atom. The van der Waals surface area contributed by atoms with Crippen molar-refractivity contribution in [1.29, 1.82) is 0 Å². The standard InChI is InChI=1S/C15H22O3/c1-10(2)12-8-11(18-9-14(16)17)6-7-13(12)15(3,4)5/h6-8,10H,9H2,1-5H3,(H,16,17). The van der Waals surface area contributed by atoms with E-state index in [-0.39, 0.29) is 12.0 Å². The van der Waals surface area contributed by atoms with Crippen LogP contribution in [0.2, 0.25) is 0 Å². The number of carboxylic acid groups (broad SMARTS) is 1. The van der Waals surface area contributed by atoms with Gasteiger partial charge in [-0.3, -0.25) is 0 Å². The second-order valence-electron chi connectivity index (χ2n) is 5.84. The Kier molecular flexibility index (Phi) is 4.38. The highest BCUT2D eigenvalue weighted by molar-refractivity contribution is 5.68. The molecule has 100 valence electrons. The highest BCUT2D eigenvalue weighted by atomic mass is 16.5. The molecular formula is C15H22O3. The SMILES string of the molecule is CC(C)c1cc(OCC(=O)O)ccc1C(C)(C)C. The molecule has 0 amide bonds. The zero-order valence-corrected chi connectivity index (χ0v) is 11.8. The number of hydrogen-bond acceptors (Lipinski definition) is 2. The lowest BCUT2D eigenvalue weighted by Crippen LogP contribution is -2.15. The largest absolute Gasteiger partial charge is 0.482 e. The molecule has 1 aromatic rings. The van der Waals surface area contributed by atoms with Crippen LogP contribution in [0.4, 0.5) is 0 Å². The number of ether oxygens (including phenoxy) is 1. The fourth-order valence-corrected chi connectivity index (χ4v) is 1.94. The molecule has 0 aliphatic heterocycles. The Morgan fingerprint density at radius 1 is 1.33 bits per heavy atom. The van der Waals surface area contributed by atoms with E-state index in [9.17, 15) is 4.79 Å². The third-order valence-corrected chi connectivity index (χ3v) is 2.82. The van der Waals surface area contributed by atoms with Gasteiger partial charge < -0.3 is 9.84 Å². The quantitative estimate of drug-likeness (QED) is 0.888. The molecule has 18 heavy (non-hydrogen) atoms. The maximum absolute atomic E-state index is 10.5. The van der Waals surface area contributed by atoms with Crippen LogP contribution >= 0.6 is 0 Å². The second-order valence-corrected chi connectivity index (χ2v) is 5.84. The summed E-state index contributed by atoms with van der Waals surface area (Å²) >= 11 is 0. The summed E-state index contributed by atoms with van der Waals surface area (Å²) in [6.45, 7) is 10.5. The summed E-state index contributed by atoms with van der Waals surface area (Å²) in [5, 5.41) is 8.61. The van der Waals surface area contributed by atoms with Gasteiger partial charge in [-0.1, -0.05) is 40.7 Å². The van der Waals surface area contributed by atoms with Crippen molar-refractivity contribution >= 4 is 5.97 Å². The Morgan fingerprint density at radius 2 is 1.94 bits per heavy atom. The summed E-state index contributed by atoms with van der Waals surface area (Å²) < 4.78 is 5.23. The molecule has 0 radical (unpaired) electrons. The van der Waals surface area contributed by atoms with E-state index in [0.717, 1.165) is 0 Å². The van der Waals surface area contributed by atoms with E-state index in [0.29, 0.717) is 11.7 Å². The van der Waals surface area contributed by atoms with Crippen LogP contribution in [0.15, 0.2) is 18.2 Å². The third kappa shape index (κ3) is 3.76. The average Bonchev–Trinajstić information content (AvgIpc) is 2.24. The predicted octanol–water partition coefficient (Wildman–Crippen LogP) is 3.57. The molecule has 0 aliphatic carbocycles. The van der Waals surface area contributed by atoms with Gasteiger partial charge in [-0.2, -0.15) is 0 Å². The molecular weight excluding hydrogens is 228 g/mol. The van der Waals surface area contributed by atoms with Gasteiger partial charge in [0.2, 0.25) is 0 Å². The van der Waals surface area contributed by atoms with Crippen LogP contribution in [0.1, 0.15) is 51.7 Å². The van der Waals surface area contributed by atoms with Crippen molar-refractivity contribution in [1.82, 2.24) is 0 Å². The molecule has 0 bridgehead atoms. The number of benzene rings is 1. The third-order valence-electron chi connectivity index (χ3n) is 2.82.